The topological polar surface area (TPSA) is 67.6 Å². The quantitative estimate of drug-likeness (QED) is 0.851. The number of esters is 1. The Labute approximate surface area is 141 Å². The highest BCUT2D eigenvalue weighted by Gasteiger charge is 2.21. The molecule has 1 aliphatic heterocycles. The van der Waals surface area contributed by atoms with E-state index < -0.39 is 0 Å². The van der Waals surface area contributed by atoms with E-state index in [0.717, 1.165) is 37.2 Å². The molecule has 0 aliphatic carbocycles. The van der Waals surface area contributed by atoms with Gasteiger partial charge < -0.3 is 14.5 Å². The molecule has 1 N–H and O–H groups in total. The number of carbonyl (C=O) groups excluding carboxylic acids is 1. The van der Waals surface area contributed by atoms with E-state index in [0.29, 0.717) is 18.5 Å². The van der Waals surface area contributed by atoms with Crippen LogP contribution in [0.25, 0.3) is 11.5 Å². The van der Waals surface area contributed by atoms with E-state index in [4.69, 9.17) is 9.15 Å². The molecule has 0 spiro atoms. The predicted octanol–water partition coefficient (Wildman–Crippen LogP) is 2.70. The summed E-state index contributed by atoms with van der Waals surface area (Å²) in [6, 6.07) is 6.58. The van der Waals surface area contributed by atoms with Crippen LogP contribution in [0, 0.1) is 6.92 Å². The fourth-order valence-corrected chi connectivity index (χ4v) is 2.98. The number of nitrogens with zero attached hydrogens (tertiary/aromatic N) is 2. The molecule has 1 fully saturated rings. The van der Waals surface area contributed by atoms with Gasteiger partial charge in [0.2, 0.25) is 5.89 Å². The molecule has 1 aromatic carbocycles. The van der Waals surface area contributed by atoms with Crippen LogP contribution in [0.5, 0.6) is 0 Å². The molecule has 6 nitrogen and oxygen atoms in total. The van der Waals surface area contributed by atoms with Crippen molar-refractivity contribution >= 4 is 11.7 Å². The summed E-state index contributed by atoms with van der Waals surface area (Å²) >= 11 is 0. The molecular weight excluding hydrogens is 306 g/mol. The van der Waals surface area contributed by atoms with Crippen LogP contribution in [0.1, 0.15) is 18.4 Å². The summed E-state index contributed by atoms with van der Waals surface area (Å²) in [5.74, 6) is 0.460. The minimum Gasteiger partial charge on any atom is -0.468 e. The average molecular weight is 329 g/mol. The zero-order chi connectivity index (χ0) is 16.9. The smallest absolute Gasteiger partial charge is 0.319 e. The standard InChI is InChI=1S/C18H23N3O3/c1-13-3-4-14(18-19-7-10-24-18)11-16(13)20-15-5-8-21(9-6-15)12-17(22)23-2/h3-4,7,10-11,15,20H,5-6,8-9,12H2,1-2H3. The summed E-state index contributed by atoms with van der Waals surface area (Å²) in [7, 11) is 1.43. The number of likely N-dealkylation sites (tertiary alicyclic amines) is 1. The lowest BCUT2D eigenvalue weighted by Crippen LogP contribution is -2.41. The molecule has 0 saturated carbocycles. The number of ether oxygens (including phenoxy) is 1. The summed E-state index contributed by atoms with van der Waals surface area (Å²) < 4.78 is 10.1. The molecule has 0 radical (unpaired) electrons. The fourth-order valence-electron chi connectivity index (χ4n) is 2.98. The van der Waals surface area contributed by atoms with Gasteiger partial charge in [0.05, 0.1) is 19.9 Å². The van der Waals surface area contributed by atoms with Gasteiger partial charge in [0.1, 0.15) is 6.26 Å². The van der Waals surface area contributed by atoms with Crippen molar-refractivity contribution in [2.75, 3.05) is 32.1 Å². The van der Waals surface area contributed by atoms with Crippen molar-refractivity contribution in [1.29, 1.82) is 0 Å². The van der Waals surface area contributed by atoms with Crippen molar-refractivity contribution in [2.24, 2.45) is 0 Å². The third-order valence-electron chi connectivity index (χ3n) is 4.44. The first-order chi connectivity index (χ1) is 11.7. The second-order valence-corrected chi connectivity index (χ2v) is 6.14. The van der Waals surface area contributed by atoms with Gasteiger partial charge in [-0.05, 0) is 37.5 Å². The second kappa shape index (κ2) is 7.49. The molecule has 0 unspecified atom stereocenters. The maximum absolute atomic E-state index is 11.4. The summed E-state index contributed by atoms with van der Waals surface area (Å²) in [4.78, 5) is 17.7. The SMILES string of the molecule is COC(=O)CN1CCC(Nc2cc(-c3ncco3)ccc2C)CC1. The van der Waals surface area contributed by atoms with E-state index in [9.17, 15) is 4.79 Å². The summed E-state index contributed by atoms with van der Waals surface area (Å²) in [5.41, 5.74) is 3.27. The minimum absolute atomic E-state index is 0.170. The van der Waals surface area contributed by atoms with Crippen molar-refractivity contribution in [2.45, 2.75) is 25.8 Å². The Hall–Kier alpha value is -2.34. The highest BCUT2D eigenvalue weighted by atomic mass is 16.5. The normalized spacial score (nSPS) is 16.1. The molecule has 0 amide bonds. The van der Waals surface area contributed by atoms with Crippen LogP contribution in [0.15, 0.2) is 35.1 Å². The number of carbonyl (C=O) groups is 1. The number of aromatic nitrogens is 1. The van der Waals surface area contributed by atoms with Crippen LogP contribution in [0.3, 0.4) is 0 Å². The van der Waals surface area contributed by atoms with E-state index >= 15 is 0 Å². The van der Waals surface area contributed by atoms with Crippen LogP contribution in [-0.2, 0) is 9.53 Å². The van der Waals surface area contributed by atoms with Crippen molar-refractivity contribution < 1.29 is 13.9 Å². The Morgan fingerprint density at radius 3 is 2.88 bits per heavy atom. The van der Waals surface area contributed by atoms with Crippen molar-refractivity contribution in [1.82, 2.24) is 9.88 Å². The summed E-state index contributed by atoms with van der Waals surface area (Å²) in [6.07, 6.45) is 5.23. The molecular formula is C18H23N3O3. The lowest BCUT2D eigenvalue weighted by molar-refractivity contribution is -0.142. The number of hydrogen-bond acceptors (Lipinski definition) is 6. The van der Waals surface area contributed by atoms with Crippen LogP contribution < -0.4 is 5.32 Å². The molecule has 6 heteroatoms. The Bertz CT molecular complexity index is 677. The molecule has 1 aromatic heterocycles. The van der Waals surface area contributed by atoms with E-state index in [1.807, 2.05) is 6.07 Å². The zero-order valence-corrected chi connectivity index (χ0v) is 14.1. The van der Waals surface area contributed by atoms with Crippen LogP contribution in [0.2, 0.25) is 0 Å². The highest BCUT2D eigenvalue weighted by Crippen LogP contribution is 2.26. The van der Waals surface area contributed by atoms with Crippen molar-refractivity contribution in [3.63, 3.8) is 0 Å². The van der Waals surface area contributed by atoms with Crippen LogP contribution in [-0.4, -0.2) is 48.6 Å². The molecule has 24 heavy (non-hydrogen) atoms. The third-order valence-corrected chi connectivity index (χ3v) is 4.44. The maximum Gasteiger partial charge on any atom is 0.319 e. The number of methoxy groups -OCH3 is 1. The molecule has 2 aromatic rings. The number of anilines is 1. The molecule has 0 bridgehead atoms. The molecule has 128 valence electrons. The number of nitrogens with one attached hydrogen (secondary N) is 1. The van der Waals surface area contributed by atoms with E-state index in [2.05, 4.69) is 34.3 Å². The van der Waals surface area contributed by atoms with Gasteiger partial charge in [-0.1, -0.05) is 6.07 Å². The van der Waals surface area contributed by atoms with Gasteiger partial charge in [-0.3, -0.25) is 9.69 Å². The maximum atomic E-state index is 11.4. The number of rotatable bonds is 5. The van der Waals surface area contributed by atoms with Crippen LogP contribution in [0.4, 0.5) is 5.69 Å². The Balaban J connectivity index is 1.61. The van der Waals surface area contributed by atoms with E-state index in [-0.39, 0.29) is 5.97 Å². The largest absolute Gasteiger partial charge is 0.468 e. The molecule has 0 atom stereocenters. The highest BCUT2D eigenvalue weighted by molar-refractivity contribution is 5.71. The Morgan fingerprint density at radius 2 is 2.21 bits per heavy atom. The van der Waals surface area contributed by atoms with Crippen molar-refractivity contribution in [3.05, 3.63) is 36.2 Å². The van der Waals surface area contributed by atoms with Gasteiger partial charge in [0.25, 0.3) is 0 Å². The van der Waals surface area contributed by atoms with Crippen LogP contribution >= 0.6 is 0 Å². The number of benzene rings is 1. The number of oxazole rings is 1. The van der Waals surface area contributed by atoms with Gasteiger partial charge in [-0.25, -0.2) is 4.98 Å². The van der Waals surface area contributed by atoms with Crippen molar-refractivity contribution in [3.8, 4) is 11.5 Å². The Kier molecular flexibility index (Phi) is 5.15. The predicted molar refractivity (Wildman–Crippen MR) is 91.8 cm³/mol. The van der Waals surface area contributed by atoms with E-state index in [1.165, 1.54) is 12.7 Å². The zero-order valence-electron chi connectivity index (χ0n) is 14.1. The number of piperidine rings is 1. The minimum atomic E-state index is -0.170. The lowest BCUT2D eigenvalue weighted by atomic mass is 10.0. The molecule has 1 saturated heterocycles. The number of aryl methyl sites for hydroxylation is 1. The van der Waals surface area contributed by atoms with Gasteiger partial charge in [-0.15, -0.1) is 0 Å². The second-order valence-electron chi connectivity index (χ2n) is 6.14. The average Bonchev–Trinajstić information content (AvgIpc) is 3.13. The summed E-state index contributed by atoms with van der Waals surface area (Å²) in [6.45, 7) is 4.26. The first-order valence-electron chi connectivity index (χ1n) is 8.22. The van der Waals surface area contributed by atoms with Gasteiger partial charge >= 0.3 is 5.97 Å². The van der Waals surface area contributed by atoms with Gasteiger partial charge in [0.15, 0.2) is 0 Å². The van der Waals surface area contributed by atoms with E-state index in [1.54, 1.807) is 12.5 Å². The fraction of sp³-hybridized carbons (Fsp3) is 0.444. The molecule has 3 rings (SSSR count). The third kappa shape index (κ3) is 3.94. The first-order valence-corrected chi connectivity index (χ1v) is 8.22. The van der Waals surface area contributed by atoms with Gasteiger partial charge in [-0.2, -0.15) is 0 Å². The molecule has 2 heterocycles. The summed E-state index contributed by atoms with van der Waals surface area (Å²) in [5, 5.41) is 3.63. The van der Waals surface area contributed by atoms with Gasteiger partial charge in [0, 0.05) is 30.4 Å². The monoisotopic (exact) mass is 329 g/mol. The molecule has 1 aliphatic rings. The Morgan fingerprint density at radius 1 is 1.42 bits per heavy atom. The lowest BCUT2D eigenvalue weighted by Gasteiger charge is -2.32. The first kappa shape index (κ1) is 16.5. The number of hydrogen-bond donors (Lipinski definition) is 1.